The van der Waals surface area contributed by atoms with Crippen LogP contribution in [0.25, 0.3) is 0 Å². The van der Waals surface area contributed by atoms with E-state index >= 15 is 0 Å². The van der Waals surface area contributed by atoms with Gasteiger partial charge in [0.15, 0.2) is 0 Å². The summed E-state index contributed by atoms with van der Waals surface area (Å²) in [6, 6.07) is 7.66. The lowest BCUT2D eigenvalue weighted by Gasteiger charge is -2.21. The number of ether oxygens (including phenoxy) is 1. The quantitative estimate of drug-likeness (QED) is 0.693. The molecule has 0 aliphatic rings. The van der Waals surface area contributed by atoms with Crippen LogP contribution in [0.4, 0.5) is 10.5 Å². The summed E-state index contributed by atoms with van der Waals surface area (Å²) >= 11 is 0. The van der Waals surface area contributed by atoms with Crippen LogP contribution in [0, 0.1) is 0 Å². The molecule has 0 bridgehead atoms. The largest absolute Gasteiger partial charge is 0.412 e. The first-order chi connectivity index (χ1) is 10.2. The molecule has 1 N–H and O–H groups in total. The zero-order valence-electron chi connectivity index (χ0n) is 13.5. The van der Waals surface area contributed by atoms with Gasteiger partial charge < -0.3 is 15.0 Å². The van der Waals surface area contributed by atoms with E-state index in [1.54, 1.807) is 0 Å². The third-order valence-electron chi connectivity index (χ3n) is 3.46. The van der Waals surface area contributed by atoms with Crippen molar-refractivity contribution < 1.29 is 9.53 Å². The molecule has 1 aromatic rings. The van der Waals surface area contributed by atoms with Crippen molar-refractivity contribution in [3.8, 4) is 5.75 Å². The Hall–Kier alpha value is -1.71. The lowest BCUT2D eigenvalue weighted by atomic mass is 10.2. The van der Waals surface area contributed by atoms with Gasteiger partial charge in [0.2, 0.25) is 0 Å². The van der Waals surface area contributed by atoms with E-state index in [1.807, 2.05) is 24.3 Å². The first kappa shape index (κ1) is 17.3. The van der Waals surface area contributed by atoms with E-state index in [1.165, 1.54) is 12.8 Å². The van der Waals surface area contributed by atoms with Crippen molar-refractivity contribution >= 4 is 11.8 Å². The van der Waals surface area contributed by atoms with Gasteiger partial charge in [0.25, 0.3) is 0 Å². The first-order valence-corrected chi connectivity index (χ1v) is 8.01. The Morgan fingerprint density at radius 1 is 1.14 bits per heavy atom. The number of hydrogen-bond acceptors (Lipinski definition) is 3. The van der Waals surface area contributed by atoms with E-state index < -0.39 is 0 Å². The molecule has 0 aliphatic heterocycles. The van der Waals surface area contributed by atoms with E-state index in [0.29, 0.717) is 12.3 Å². The average Bonchev–Trinajstić information content (AvgIpc) is 2.49. The Kier molecular flexibility index (Phi) is 8.32. The maximum absolute atomic E-state index is 11.7. The molecule has 0 heterocycles. The van der Waals surface area contributed by atoms with Gasteiger partial charge in [-0.2, -0.15) is 0 Å². The molecule has 4 nitrogen and oxygen atoms in total. The highest BCUT2D eigenvalue weighted by molar-refractivity contribution is 5.70. The van der Waals surface area contributed by atoms with Crippen molar-refractivity contribution in [3.05, 3.63) is 24.3 Å². The van der Waals surface area contributed by atoms with Crippen LogP contribution in [-0.4, -0.2) is 25.7 Å². The standard InChI is InChI=1S/C17H28N2O2/c1-4-7-8-9-13-18-17(20)21-16-12-10-11-15(14-16)19(5-2)6-3/h10-12,14H,4-9,13H2,1-3H3,(H,18,20). The minimum Gasteiger partial charge on any atom is -0.410 e. The lowest BCUT2D eigenvalue weighted by molar-refractivity contribution is 0.200. The van der Waals surface area contributed by atoms with Crippen molar-refractivity contribution in [3.63, 3.8) is 0 Å². The van der Waals surface area contributed by atoms with Gasteiger partial charge in [-0.1, -0.05) is 32.3 Å². The summed E-state index contributed by atoms with van der Waals surface area (Å²) in [5.41, 5.74) is 1.08. The monoisotopic (exact) mass is 292 g/mol. The number of unbranched alkanes of at least 4 members (excludes halogenated alkanes) is 3. The molecule has 0 spiro atoms. The van der Waals surface area contributed by atoms with Gasteiger partial charge in [-0.25, -0.2) is 4.79 Å². The number of nitrogens with one attached hydrogen (secondary N) is 1. The van der Waals surface area contributed by atoms with Crippen LogP contribution in [0.2, 0.25) is 0 Å². The fraction of sp³-hybridized carbons (Fsp3) is 0.588. The van der Waals surface area contributed by atoms with Crippen molar-refractivity contribution in [1.82, 2.24) is 5.32 Å². The van der Waals surface area contributed by atoms with Gasteiger partial charge in [0.1, 0.15) is 5.75 Å². The minimum atomic E-state index is -0.372. The minimum absolute atomic E-state index is 0.372. The highest BCUT2D eigenvalue weighted by atomic mass is 16.6. The molecule has 0 saturated heterocycles. The number of anilines is 1. The highest BCUT2D eigenvalue weighted by Gasteiger charge is 2.06. The van der Waals surface area contributed by atoms with Gasteiger partial charge in [0, 0.05) is 31.4 Å². The molecule has 1 rings (SSSR count). The van der Waals surface area contributed by atoms with E-state index in [0.717, 1.165) is 31.6 Å². The van der Waals surface area contributed by atoms with Gasteiger partial charge in [-0.3, -0.25) is 0 Å². The van der Waals surface area contributed by atoms with Gasteiger partial charge in [0.05, 0.1) is 0 Å². The van der Waals surface area contributed by atoms with Crippen molar-refractivity contribution in [2.24, 2.45) is 0 Å². The van der Waals surface area contributed by atoms with Crippen LogP contribution >= 0.6 is 0 Å². The van der Waals surface area contributed by atoms with Gasteiger partial charge in [-0.15, -0.1) is 0 Å². The number of carbonyl (C=O) groups is 1. The molecule has 0 fully saturated rings. The average molecular weight is 292 g/mol. The number of hydrogen-bond donors (Lipinski definition) is 1. The first-order valence-electron chi connectivity index (χ1n) is 8.01. The number of nitrogens with zero attached hydrogens (tertiary/aromatic N) is 1. The van der Waals surface area contributed by atoms with Crippen LogP contribution in [0.15, 0.2) is 24.3 Å². The normalized spacial score (nSPS) is 10.2. The SMILES string of the molecule is CCCCCCNC(=O)Oc1cccc(N(CC)CC)c1. The smallest absolute Gasteiger partial charge is 0.410 e. The van der Waals surface area contributed by atoms with Crippen LogP contribution < -0.4 is 15.0 Å². The lowest BCUT2D eigenvalue weighted by Crippen LogP contribution is -2.28. The number of benzene rings is 1. The summed E-state index contributed by atoms with van der Waals surface area (Å²) in [5, 5.41) is 2.79. The van der Waals surface area contributed by atoms with Crippen molar-refractivity contribution in [2.75, 3.05) is 24.5 Å². The molecule has 4 heteroatoms. The third kappa shape index (κ3) is 6.52. The van der Waals surface area contributed by atoms with E-state index in [-0.39, 0.29) is 6.09 Å². The van der Waals surface area contributed by atoms with E-state index in [4.69, 9.17) is 4.74 Å². The molecule has 0 aromatic heterocycles. The summed E-state index contributed by atoms with van der Waals surface area (Å²) < 4.78 is 5.32. The van der Waals surface area contributed by atoms with Crippen LogP contribution in [0.3, 0.4) is 0 Å². The Balaban J connectivity index is 2.43. The Morgan fingerprint density at radius 2 is 1.90 bits per heavy atom. The topological polar surface area (TPSA) is 41.6 Å². The molecule has 0 saturated carbocycles. The number of amides is 1. The van der Waals surface area contributed by atoms with Crippen LogP contribution in [0.5, 0.6) is 5.75 Å². The molecule has 21 heavy (non-hydrogen) atoms. The second-order valence-corrected chi connectivity index (χ2v) is 5.05. The second kappa shape index (κ2) is 10.1. The molecule has 0 unspecified atom stereocenters. The van der Waals surface area contributed by atoms with Gasteiger partial charge in [-0.05, 0) is 32.4 Å². The molecule has 1 amide bonds. The molecular weight excluding hydrogens is 264 g/mol. The molecule has 0 aliphatic carbocycles. The van der Waals surface area contributed by atoms with E-state index in [2.05, 4.69) is 31.0 Å². The predicted octanol–water partition coefficient (Wildman–Crippen LogP) is 4.20. The maximum Gasteiger partial charge on any atom is 0.412 e. The van der Waals surface area contributed by atoms with Crippen molar-refractivity contribution in [1.29, 1.82) is 0 Å². The molecular formula is C17H28N2O2. The molecule has 0 atom stereocenters. The fourth-order valence-electron chi connectivity index (χ4n) is 2.22. The van der Waals surface area contributed by atoms with Crippen LogP contribution in [0.1, 0.15) is 46.5 Å². The van der Waals surface area contributed by atoms with E-state index in [9.17, 15) is 4.79 Å². The summed E-state index contributed by atoms with van der Waals surface area (Å²) in [4.78, 5) is 13.9. The molecule has 0 radical (unpaired) electrons. The summed E-state index contributed by atoms with van der Waals surface area (Å²) in [5.74, 6) is 0.588. The van der Waals surface area contributed by atoms with Crippen molar-refractivity contribution in [2.45, 2.75) is 46.5 Å². The molecule has 1 aromatic carbocycles. The Morgan fingerprint density at radius 3 is 2.57 bits per heavy atom. The summed E-state index contributed by atoms with van der Waals surface area (Å²) in [6.45, 7) is 8.94. The summed E-state index contributed by atoms with van der Waals surface area (Å²) in [7, 11) is 0. The summed E-state index contributed by atoms with van der Waals surface area (Å²) in [6.07, 6.45) is 4.19. The number of carbonyl (C=O) groups excluding carboxylic acids is 1. The zero-order valence-corrected chi connectivity index (χ0v) is 13.5. The Bertz CT molecular complexity index is 417. The maximum atomic E-state index is 11.7. The highest BCUT2D eigenvalue weighted by Crippen LogP contribution is 2.21. The third-order valence-corrected chi connectivity index (χ3v) is 3.46. The predicted molar refractivity (Wildman–Crippen MR) is 88.2 cm³/mol. The molecule has 118 valence electrons. The van der Waals surface area contributed by atoms with Crippen LogP contribution in [-0.2, 0) is 0 Å². The Labute approximate surface area is 128 Å². The fourth-order valence-corrected chi connectivity index (χ4v) is 2.22. The number of rotatable bonds is 9. The van der Waals surface area contributed by atoms with Gasteiger partial charge >= 0.3 is 6.09 Å². The second-order valence-electron chi connectivity index (χ2n) is 5.05. The zero-order chi connectivity index (χ0) is 15.5.